The number of fused-ring (bicyclic) bond motifs is 1. The van der Waals surface area contributed by atoms with Crippen molar-refractivity contribution in [2.45, 2.75) is 31.6 Å². The van der Waals surface area contributed by atoms with Crippen molar-refractivity contribution in [3.8, 4) is 0 Å². The first kappa shape index (κ1) is 18.2. The number of hydroxylamine groups is 1. The summed E-state index contributed by atoms with van der Waals surface area (Å²) < 4.78 is 6.02. The van der Waals surface area contributed by atoms with Crippen molar-refractivity contribution in [1.29, 1.82) is 0 Å². The lowest BCUT2D eigenvalue weighted by Gasteiger charge is -2.36. The molecule has 0 bridgehead atoms. The molecule has 148 valence electrons. The summed E-state index contributed by atoms with van der Waals surface area (Å²) >= 11 is 0. The van der Waals surface area contributed by atoms with E-state index in [1.165, 1.54) is 0 Å². The van der Waals surface area contributed by atoms with Crippen molar-refractivity contribution in [3.05, 3.63) is 90.5 Å². The van der Waals surface area contributed by atoms with Gasteiger partial charge in [-0.15, -0.1) is 0 Å². The molecule has 2 unspecified atom stereocenters. The summed E-state index contributed by atoms with van der Waals surface area (Å²) in [7, 11) is 0. The van der Waals surface area contributed by atoms with E-state index in [2.05, 4.69) is 37.3 Å². The molecule has 0 saturated carbocycles. The van der Waals surface area contributed by atoms with Crippen LogP contribution in [-0.2, 0) is 14.4 Å². The molecule has 2 aromatic rings. The van der Waals surface area contributed by atoms with Crippen molar-refractivity contribution in [2.24, 2.45) is 17.8 Å². The molecule has 0 N–H and O–H groups in total. The highest BCUT2D eigenvalue weighted by molar-refractivity contribution is 5.77. The summed E-state index contributed by atoms with van der Waals surface area (Å²) in [4.78, 5) is 19.7. The van der Waals surface area contributed by atoms with Crippen LogP contribution in [0.25, 0.3) is 0 Å². The number of ether oxygens (including phenoxy) is 1. The van der Waals surface area contributed by atoms with E-state index in [0.717, 1.165) is 11.3 Å². The lowest BCUT2D eigenvalue weighted by atomic mass is 9.78. The summed E-state index contributed by atoms with van der Waals surface area (Å²) in [6.45, 7) is 2.17. The number of carbonyl (C=O) groups excluding carboxylic acids is 1. The minimum Gasteiger partial charge on any atom is -0.461 e. The maximum Gasteiger partial charge on any atom is 0.314 e. The van der Waals surface area contributed by atoms with E-state index in [0.29, 0.717) is 12.3 Å². The Kier molecular flexibility index (Phi) is 4.72. The maximum atomic E-state index is 13.2. The Morgan fingerprint density at radius 2 is 1.59 bits per heavy atom. The number of cyclic esters (lactones) is 1. The van der Waals surface area contributed by atoms with Crippen LogP contribution in [0.1, 0.15) is 24.9 Å². The molecule has 0 amide bonds. The molecule has 4 nitrogen and oxygen atoms in total. The number of hydrogen-bond donors (Lipinski definition) is 0. The van der Waals surface area contributed by atoms with Gasteiger partial charge in [0.2, 0.25) is 0 Å². The minimum atomic E-state index is -0.340. The molecule has 3 aliphatic rings. The molecule has 0 aromatic heterocycles. The SMILES string of the molecule is CC1C=CC=CC1[C@H]1C[C@@H]2ON(c3ccccc3)[C@H](c3ccccc3)[C@@H]2C(=O)O1. The van der Waals surface area contributed by atoms with Gasteiger partial charge in [0.15, 0.2) is 0 Å². The van der Waals surface area contributed by atoms with E-state index in [1.807, 2.05) is 59.7 Å². The molecule has 0 radical (unpaired) electrons. The molecule has 6 atom stereocenters. The zero-order chi connectivity index (χ0) is 19.8. The van der Waals surface area contributed by atoms with Crippen LogP contribution >= 0.6 is 0 Å². The fourth-order valence-electron chi connectivity index (χ4n) is 4.82. The normalized spacial score (nSPS) is 33.4. The van der Waals surface area contributed by atoms with E-state index >= 15 is 0 Å². The first-order valence-electron chi connectivity index (χ1n) is 10.3. The van der Waals surface area contributed by atoms with Crippen molar-refractivity contribution in [3.63, 3.8) is 0 Å². The number of rotatable bonds is 3. The van der Waals surface area contributed by atoms with Gasteiger partial charge < -0.3 is 4.74 Å². The van der Waals surface area contributed by atoms with Gasteiger partial charge in [-0.25, -0.2) is 5.06 Å². The van der Waals surface area contributed by atoms with Crippen LogP contribution in [-0.4, -0.2) is 18.2 Å². The van der Waals surface area contributed by atoms with Gasteiger partial charge in [-0.2, -0.15) is 0 Å². The summed E-state index contributed by atoms with van der Waals surface area (Å²) in [5, 5.41) is 1.91. The van der Waals surface area contributed by atoms with E-state index in [-0.39, 0.29) is 36.1 Å². The van der Waals surface area contributed by atoms with E-state index in [4.69, 9.17) is 9.57 Å². The third-order valence-corrected chi connectivity index (χ3v) is 6.29. The predicted octanol–water partition coefficient (Wildman–Crippen LogP) is 4.86. The van der Waals surface area contributed by atoms with Crippen LogP contribution in [0.4, 0.5) is 5.69 Å². The number of hydrogen-bond acceptors (Lipinski definition) is 4. The maximum absolute atomic E-state index is 13.2. The molecule has 4 heteroatoms. The quantitative estimate of drug-likeness (QED) is 0.705. The van der Waals surface area contributed by atoms with Gasteiger partial charge in [0, 0.05) is 12.3 Å². The fraction of sp³-hybridized carbons (Fsp3) is 0.320. The van der Waals surface area contributed by atoms with E-state index in [9.17, 15) is 4.79 Å². The first-order chi connectivity index (χ1) is 14.2. The number of benzene rings is 2. The van der Waals surface area contributed by atoms with Crippen LogP contribution in [0, 0.1) is 17.8 Å². The number of allylic oxidation sites excluding steroid dienone is 3. The average Bonchev–Trinajstić information content (AvgIpc) is 3.15. The number of esters is 1. The van der Waals surface area contributed by atoms with Crippen molar-refractivity contribution in [2.75, 3.05) is 5.06 Å². The molecule has 2 aromatic carbocycles. The standard InChI is InChI=1S/C25H25NO3/c1-17-10-8-9-15-20(17)21-16-22-23(25(27)28-21)24(18-11-4-2-5-12-18)26(29-22)19-13-6-3-7-14-19/h2-15,17,20-24H,16H2,1H3/t17?,20?,21-,22+,23-,24-/m1/s1. The highest BCUT2D eigenvalue weighted by Gasteiger charge is 2.54. The molecule has 29 heavy (non-hydrogen) atoms. The Labute approximate surface area is 171 Å². The monoisotopic (exact) mass is 387 g/mol. The molecular weight excluding hydrogens is 362 g/mol. The number of carbonyl (C=O) groups is 1. The molecule has 2 heterocycles. The lowest BCUT2D eigenvalue weighted by molar-refractivity contribution is -0.170. The average molecular weight is 387 g/mol. The zero-order valence-corrected chi connectivity index (χ0v) is 16.4. The van der Waals surface area contributed by atoms with Gasteiger partial charge in [-0.3, -0.25) is 9.63 Å². The van der Waals surface area contributed by atoms with Crippen LogP contribution < -0.4 is 5.06 Å². The second-order valence-corrected chi connectivity index (χ2v) is 8.10. The van der Waals surface area contributed by atoms with Gasteiger partial charge in [0.25, 0.3) is 0 Å². The van der Waals surface area contributed by atoms with E-state index in [1.54, 1.807) is 0 Å². The molecule has 2 aliphatic heterocycles. The number of para-hydroxylation sites is 1. The van der Waals surface area contributed by atoms with Crippen molar-refractivity contribution < 1.29 is 14.4 Å². The Hall–Kier alpha value is -2.85. The first-order valence-corrected chi connectivity index (χ1v) is 10.3. The highest BCUT2D eigenvalue weighted by atomic mass is 16.7. The van der Waals surface area contributed by atoms with Gasteiger partial charge in [-0.05, 0) is 23.6 Å². The Morgan fingerprint density at radius 1 is 0.897 bits per heavy atom. The summed E-state index contributed by atoms with van der Waals surface area (Å²) in [6.07, 6.45) is 8.78. The smallest absolute Gasteiger partial charge is 0.314 e. The Bertz CT molecular complexity index is 924. The van der Waals surface area contributed by atoms with Gasteiger partial charge >= 0.3 is 5.97 Å². The van der Waals surface area contributed by atoms with Crippen LogP contribution in [0.3, 0.4) is 0 Å². The highest BCUT2D eigenvalue weighted by Crippen LogP contribution is 2.47. The Balaban J connectivity index is 1.48. The third kappa shape index (κ3) is 3.28. The lowest BCUT2D eigenvalue weighted by Crippen LogP contribution is -2.44. The summed E-state index contributed by atoms with van der Waals surface area (Å²) in [6, 6.07) is 19.9. The number of nitrogens with zero attached hydrogens (tertiary/aromatic N) is 1. The van der Waals surface area contributed by atoms with Gasteiger partial charge in [0.05, 0.1) is 11.7 Å². The van der Waals surface area contributed by atoms with Crippen molar-refractivity contribution in [1.82, 2.24) is 0 Å². The Morgan fingerprint density at radius 3 is 2.31 bits per heavy atom. The topological polar surface area (TPSA) is 38.8 Å². The van der Waals surface area contributed by atoms with Crippen LogP contribution in [0.2, 0.25) is 0 Å². The fourth-order valence-corrected chi connectivity index (χ4v) is 4.82. The summed E-state index contributed by atoms with van der Waals surface area (Å²) in [5.41, 5.74) is 2.02. The van der Waals surface area contributed by atoms with Crippen LogP contribution in [0.5, 0.6) is 0 Å². The van der Waals surface area contributed by atoms with Crippen molar-refractivity contribution >= 4 is 11.7 Å². The predicted molar refractivity (Wildman–Crippen MR) is 112 cm³/mol. The molecule has 1 aliphatic carbocycles. The minimum absolute atomic E-state index is 0.159. The molecule has 2 fully saturated rings. The van der Waals surface area contributed by atoms with Gasteiger partial charge in [-0.1, -0.05) is 79.8 Å². The molecule has 2 saturated heterocycles. The van der Waals surface area contributed by atoms with Gasteiger partial charge in [0.1, 0.15) is 18.1 Å². The molecule has 0 spiro atoms. The second-order valence-electron chi connectivity index (χ2n) is 8.10. The third-order valence-electron chi connectivity index (χ3n) is 6.29. The molecular formula is C25H25NO3. The second kappa shape index (κ2) is 7.53. The van der Waals surface area contributed by atoms with E-state index < -0.39 is 0 Å². The zero-order valence-electron chi connectivity index (χ0n) is 16.4. The van der Waals surface area contributed by atoms with Crippen LogP contribution in [0.15, 0.2) is 85.0 Å². The number of anilines is 1. The largest absolute Gasteiger partial charge is 0.461 e. The summed E-state index contributed by atoms with van der Waals surface area (Å²) in [5.74, 6) is 0.0290. The molecule has 5 rings (SSSR count).